The lowest BCUT2D eigenvalue weighted by Gasteiger charge is -2.23. The second-order valence-electron chi connectivity index (χ2n) is 5.75. The fourth-order valence-electron chi connectivity index (χ4n) is 2.68. The lowest BCUT2D eigenvalue weighted by molar-refractivity contribution is 0.244. The molecule has 0 radical (unpaired) electrons. The average molecular weight is 304 g/mol. The third-order valence-electron chi connectivity index (χ3n) is 4.06. The molecular formula is C17H21FN2S. The van der Waals surface area contributed by atoms with Crippen molar-refractivity contribution in [2.45, 2.75) is 37.9 Å². The minimum absolute atomic E-state index is 0.194. The van der Waals surface area contributed by atoms with Crippen LogP contribution in [0.2, 0.25) is 0 Å². The van der Waals surface area contributed by atoms with Crippen molar-refractivity contribution in [3.05, 3.63) is 58.0 Å². The summed E-state index contributed by atoms with van der Waals surface area (Å²) in [6.45, 7) is 1.91. The van der Waals surface area contributed by atoms with Crippen molar-refractivity contribution in [3.63, 3.8) is 0 Å². The zero-order valence-electron chi connectivity index (χ0n) is 12.0. The normalized spacial score (nSPS) is 16.3. The van der Waals surface area contributed by atoms with E-state index in [9.17, 15) is 4.39 Å². The molecule has 1 unspecified atom stereocenters. The lowest BCUT2D eigenvalue weighted by Crippen LogP contribution is -2.29. The van der Waals surface area contributed by atoms with Crippen LogP contribution in [0.15, 0.2) is 41.1 Å². The molecule has 2 aromatic rings. The van der Waals surface area contributed by atoms with Gasteiger partial charge in [0.25, 0.3) is 0 Å². The van der Waals surface area contributed by atoms with E-state index in [0.29, 0.717) is 11.6 Å². The van der Waals surface area contributed by atoms with Gasteiger partial charge < -0.3 is 5.73 Å². The van der Waals surface area contributed by atoms with Gasteiger partial charge in [0.2, 0.25) is 0 Å². The molecule has 1 atom stereocenters. The van der Waals surface area contributed by atoms with E-state index >= 15 is 0 Å². The zero-order valence-corrected chi connectivity index (χ0v) is 12.9. The molecule has 1 aromatic heterocycles. The van der Waals surface area contributed by atoms with Gasteiger partial charge in [0.15, 0.2) is 0 Å². The lowest BCUT2D eigenvalue weighted by atomic mass is 10.0. The predicted molar refractivity (Wildman–Crippen MR) is 85.7 cm³/mol. The first-order valence-electron chi connectivity index (χ1n) is 7.49. The SMILES string of the molecule is NC(CCN(Cc1ccsc1)C1CC1)c1ccccc1F. The molecule has 0 bridgehead atoms. The maximum Gasteiger partial charge on any atom is 0.127 e. The summed E-state index contributed by atoms with van der Waals surface area (Å²) in [5.74, 6) is -0.194. The van der Waals surface area contributed by atoms with E-state index in [-0.39, 0.29) is 11.9 Å². The summed E-state index contributed by atoms with van der Waals surface area (Å²) in [7, 11) is 0. The summed E-state index contributed by atoms with van der Waals surface area (Å²) < 4.78 is 13.7. The molecule has 0 saturated heterocycles. The zero-order chi connectivity index (χ0) is 14.7. The Hall–Kier alpha value is -1.23. The van der Waals surface area contributed by atoms with Crippen molar-refractivity contribution in [2.75, 3.05) is 6.54 Å². The van der Waals surface area contributed by atoms with Crippen LogP contribution in [0.1, 0.15) is 36.4 Å². The molecule has 0 amide bonds. The first-order chi connectivity index (χ1) is 10.2. The average Bonchev–Trinajstić information content (AvgIpc) is 3.21. The van der Waals surface area contributed by atoms with Gasteiger partial charge in [-0.05, 0) is 47.7 Å². The molecule has 1 saturated carbocycles. The highest BCUT2D eigenvalue weighted by Gasteiger charge is 2.29. The number of hydrogen-bond acceptors (Lipinski definition) is 3. The summed E-state index contributed by atoms with van der Waals surface area (Å²) in [6.07, 6.45) is 3.35. The Kier molecular flexibility index (Phi) is 4.68. The van der Waals surface area contributed by atoms with E-state index in [0.717, 1.165) is 19.5 Å². The van der Waals surface area contributed by atoms with Gasteiger partial charge in [-0.25, -0.2) is 4.39 Å². The fraction of sp³-hybridized carbons (Fsp3) is 0.412. The van der Waals surface area contributed by atoms with Crippen molar-refractivity contribution in [1.82, 2.24) is 4.90 Å². The number of hydrogen-bond donors (Lipinski definition) is 1. The van der Waals surface area contributed by atoms with Crippen LogP contribution in [-0.2, 0) is 6.54 Å². The molecule has 3 rings (SSSR count). The Morgan fingerprint density at radius 1 is 1.29 bits per heavy atom. The van der Waals surface area contributed by atoms with Gasteiger partial charge in [-0.15, -0.1) is 0 Å². The Labute approximate surface area is 129 Å². The number of rotatable bonds is 7. The molecule has 2 nitrogen and oxygen atoms in total. The standard InChI is InChI=1S/C17H21FN2S/c18-16-4-2-1-3-15(16)17(19)7-9-20(14-5-6-14)11-13-8-10-21-12-13/h1-4,8,10,12,14,17H,5-7,9,11,19H2. The van der Waals surface area contributed by atoms with Gasteiger partial charge in [-0.3, -0.25) is 4.90 Å². The first kappa shape index (κ1) is 14.7. The second-order valence-corrected chi connectivity index (χ2v) is 6.53. The van der Waals surface area contributed by atoms with E-state index in [1.807, 2.05) is 6.07 Å². The molecular weight excluding hydrogens is 283 g/mol. The number of nitrogens with zero attached hydrogens (tertiary/aromatic N) is 1. The van der Waals surface area contributed by atoms with E-state index in [1.165, 1.54) is 24.5 Å². The van der Waals surface area contributed by atoms with Gasteiger partial charge in [-0.1, -0.05) is 18.2 Å². The van der Waals surface area contributed by atoms with Crippen LogP contribution in [-0.4, -0.2) is 17.5 Å². The molecule has 1 aromatic carbocycles. The maximum absolute atomic E-state index is 13.7. The Morgan fingerprint density at radius 2 is 2.10 bits per heavy atom. The second kappa shape index (κ2) is 6.69. The van der Waals surface area contributed by atoms with E-state index in [1.54, 1.807) is 23.5 Å². The van der Waals surface area contributed by atoms with E-state index < -0.39 is 0 Å². The third kappa shape index (κ3) is 3.90. The smallest absolute Gasteiger partial charge is 0.127 e. The minimum atomic E-state index is -0.227. The van der Waals surface area contributed by atoms with Crippen LogP contribution >= 0.6 is 11.3 Å². The summed E-state index contributed by atoms with van der Waals surface area (Å²) >= 11 is 1.74. The van der Waals surface area contributed by atoms with Gasteiger partial charge in [-0.2, -0.15) is 11.3 Å². The fourth-order valence-corrected chi connectivity index (χ4v) is 3.34. The van der Waals surface area contributed by atoms with Crippen molar-refractivity contribution in [3.8, 4) is 0 Å². The monoisotopic (exact) mass is 304 g/mol. The summed E-state index contributed by atoms with van der Waals surface area (Å²) in [5, 5.41) is 4.32. The minimum Gasteiger partial charge on any atom is -0.324 e. The van der Waals surface area contributed by atoms with E-state index in [4.69, 9.17) is 5.73 Å². The largest absolute Gasteiger partial charge is 0.324 e. The van der Waals surface area contributed by atoms with Crippen LogP contribution < -0.4 is 5.73 Å². The topological polar surface area (TPSA) is 29.3 Å². The van der Waals surface area contributed by atoms with Gasteiger partial charge in [0, 0.05) is 30.7 Å². The van der Waals surface area contributed by atoms with Crippen molar-refractivity contribution < 1.29 is 4.39 Å². The Balaban J connectivity index is 1.58. The number of nitrogens with two attached hydrogens (primary N) is 1. The van der Waals surface area contributed by atoms with Crippen molar-refractivity contribution >= 4 is 11.3 Å². The molecule has 1 aliphatic carbocycles. The Bertz CT molecular complexity index is 566. The predicted octanol–water partition coefficient (Wildman–Crippen LogP) is 3.94. The van der Waals surface area contributed by atoms with Crippen molar-refractivity contribution in [2.24, 2.45) is 5.73 Å². The quantitative estimate of drug-likeness (QED) is 0.839. The maximum atomic E-state index is 13.7. The van der Waals surface area contributed by atoms with Gasteiger partial charge in [0.1, 0.15) is 5.82 Å². The third-order valence-corrected chi connectivity index (χ3v) is 4.79. The molecule has 1 aliphatic rings. The molecule has 2 N–H and O–H groups in total. The van der Waals surface area contributed by atoms with E-state index in [2.05, 4.69) is 21.7 Å². The van der Waals surface area contributed by atoms with Crippen molar-refractivity contribution in [1.29, 1.82) is 0 Å². The number of benzene rings is 1. The summed E-state index contributed by atoms with van der Waals surface area (Å²) in [6, 6.07) is 9.48. The molecule has 0 spiro atoms. The molecule has 1 fully saturated rings. The van der Waals surface area contributed by atoms with Crippen LogP contribution in [0.5, 0.6) is 0 Å². The molecule has 1 heterocycles. The summed E-state index contributed by atoms with van der Waals surface area (Å²) in [4.78, 5) is 2.49. The van der Waals surface area contributed by atoms with Crippen LogP contribution in [0.4, 0.5) is 4.39 Å². The number of halogens is 1. The molecule has 4 heteroatoms. The Morgan fingerprint density at radius 3 is 2.76 bits per heavy atom. The molecule has 112 valence electrons. The first-order valence-corrected chi connectivity index (χ1v) is 8.43. The summed E-state index contributed by atoms with van der Waals surface area (Å²) in [5.41, 5.74) is 8.17. The van der Waals surface area contributed by atoms with Crippen LogP contribution in [0.3, 0.4) is 0 Å². The van der Waals surface area contributed by atoms with Crippen LogP contribution in [0.25, 0.3) is 0 Å². The highest BCUT2D eigenvalue weighted by Crippen LogP contribution is 2.30. The highest BCUT2D eigenvalue weighted by molar-refractivity contribution is 7.07. The molecule has 21 heavy (non-hydrogen) atoms. The highest BCUT2D eigenvalue weighted by atomic mass is 32.1. The van der Waals surface area contributed by atoms with Gasteiger partial charge in [0.05, 0.1) is 0 Å². The number of thiophene rings is 1. The van der Waals surface area contributed by atoms with Crippen LogP contribution in [0, 0.1) is 5.82 Å². The van der Waals surface area contributed by atoms with Gasteiger partial charge >= 0.3 is 0 Å². The molecule has 0 aliphatic heterocycles.